The zero-order valence-corrected chi connectivity index (χ0v) is 21.6. The minimum atomic E-state index is -3.92. The molecule has 0 aliphatic carbocycles. The predicted molar refractivity (Wildman–Crippen MR) is 136 cm³/mol. The summed E-state index contributed by atoms with van der Waals surface area (Å²) in [5.41, 5.74) is 0.668. The molecule has 1 aliphatic rings. The molecule has 0 atom stereocenters. The number of hydrogen-bond donors (Lipinski definition) is 0. The first-order valence-corrected chi connectivity index (χ1v) is 14.1. The number of carbonyl (C=O) groups is 1. The quantitative estimate of drug-likeness (QED) is 0.466. The van der Waals surface area contributed by atoms with Gasteiger partial charge in [-0.2, -0.15) is 4.31 Å². The van der Waals surface area contributed by atoms with Crippen LogP contribution in [0.4, 0.5) is 5.69 Å². The van der Waals surface area contributed by atoms with Gasteiger partial charge in [0.2, 0.25) is 10.0 Å². The van der Waals surface area contributed by atoms with Gasteiger partial charge in [0, 0.05) is 38.8 Å². The molecule has 36 heavy (non-hydrogen) atoms. The van der Waals surface area contributed by atoms with Gasteiger partial charge < -0.3 is 9.64 Å². The molecule has 1 saturated heterocycles. The fraction of sp³-hybridized carbons (Fsp3) is 0.240. The van der Waals surface area contributed by atoms with Crippen LogP contribution in [0.5, 0.6) is 5.75 Å². The molecule has 11 heteroatoms. The van der Waals surface area contributed by atoms with Crippen molar-refractivity contribution in [3.8, 4) is 5.75 Å². The van der Waals surface area contributed by atoms with Gasteiger partial charge in [-0.1, -0.05) is 24.3 Å². The van der Waals surface area contributed by atoms with Crippen molar-refractivity contribution in [1.82, 2.24) is 9.21 Å². The Morgan fingerprint density at radius 2 is 1.42 bits per heavy atom. The second-order valence-electron chi connectivity index (χ2n) is 8.21. The lowest BCUT2D eigenvalue weighted by molar-refractivity contribution is 0.0697. The number of rotatable bonds is 7. The van der Waals surface area contributed by atoms with Crippen LogP contribution >= 0.6 is 0 Å². The highest BCUT2D eigenvalue weighted by Crippen LogP contribution is 2.25. The summed E-state index contributed by atoms with van der Waals surface area (Å²) < 4.78 is 59.8. The molecule has 0 saturated carbocycles. The van der Waals surface area contributed by atoms with E-state index in [4.69, 9.17) is 4.74 Å². The van der Waals surface area contributed by atoms with Crippen molar-refractivity contribution in [1.29, 1.82) is 0 Å². The Morgan fingerprint density at radius 1 is 0.806 bits per heavy atom. The fourth-order valence-corrected chi connectivity index (χ4v) is 6.62. The molecule has 1 heterocycles. The van der Waals surface area contributed by atoms with Crippen molar-refractivity contribution in [3.05, 3.63) is 84.4 Å². The van der Waals surface area contributed by atoms with E-state index in [2.05, 4.69) is 0 Å². The van der Waals surface area contributed by atoms with Gasteiger partial charge in [0.1, 0.15) is 5.75 Å². The highest BCUT2D eigenvalue weighted by atomic mass is 32.2. The Balaban J connectivity index is 1.48. The fourth-order valence-electron chi connectivity index (χ4n) is 3.93. The number of piperazine rings is 1. The number of ether oxygens (including phenoxy) is 1. The van der Waals surface area contributed by atoms with Gasteiger partial charge in [-0.25, -0.2) is 16.8 Å². The topological polar surface area (TPSA) is 104 Å². The lowest BCUT2D eigenvalue weighted by Gasteiger charge is -2.34. The molecular formula is C25H27N3O6S2. The molecule has 3 aromatic carbocycles. The first-order valence-electron chi connectivity index (χ1n) is 11.2. The van der Waals surface area contributed by atoms with Crippen LogP contribution in [0, 0.1) is 0 Å². The number of anilines is 1. The molecule has 1 fully saturated rings. The molecule has 190 valence electrons. The van der Waals surface area contributed by atoms with Crippen molar-refractivity contribution in [2.75, 3.05) is 44.6 Å². The van der Waals surface area contributed by atoms with Crippen molar-refractivity contribution >= 4 is 31.6 Å². The van der Waals surface area contributed by atoms with E-state index in [0.29, 0.717) is 11.4 Å². The maximum atomic E-state index is 13.2. The third kappa shape index (κ3) is 5.08. The Morgan fingerprint density at radius 3 is 2.03 bits per heavy atom. The summed E-state index contributed by atoms with van der Waals surface area (Å²) in [6, 6.07) is 20.6. The Hall–Kier alpha value is -3.41. The summed E-state index contributed by atoms with van der Waals surface area (Å²) in [5.74, 6) is 0.254. The monoisotopic (exact) mass is 529 g/mol. The largest absolute Gasteiger partial charge is 0.497 e. The average Bonchev–Trinajstić information content (AvgIpc) is 2.93. The lowest BCUT2D eigenvalue weighted by Crippen LogP contribution is -2.50. The van der Waals surface area contributed by atoms with Crippen LogP contribution in [0.25, 0.3) is 0 Å². The smallest absolute Gasteiger partial charge is 0.264 e. The zero-order chi connectivity index (χ0) is 25.9. The molecule has 0 bridgehead atoms. The van der Waals surface area contributed by atoms with Gasteiger partial charge in [0.05, 0.1) is 22.6 Å². The summed E-state index contributed by atoms with van der Waals surface area (Å²) in [6.45, 7) is 0.712. The van der Waals surface area contributed by atoms with E-state index in [1.165, 1.54) is 41.6 Å². The number of benzene rings is 3. The van der Waals surface area contributed by atoms with Crippen molar-refractivity contribution in [2.45, 2.75) is 9.79 Å². The van der Waals surface area contributed by atoms with Gasteiger partial charge in [-0.3, -0.25) is 9.10 Å². The van der Waals surface area contributed by atoms with Gasteiger partial charge in [-0.15, -0.1) is 0 Å². The number of sulfonamides is 2. The van der Waals surface area contributed by atoms with E-state index in [1.807, 2.05) is 0 Å². The molecule has 9 nitrogen and oxygen atoms in total. The standard InChI is InChI=1S/C25H27N3O6S2/c1-26(21-11-13-22(34-2)14-12-21)35(30,31)24-10-6-7-20(19-24)25(29)27-15-17-28(18-16-27)36(32,33)23-8-4-3-5-9-23/h3-14,19H,15-18H2,1-2H3. The van der Waals surface area contributed by atoms with Gasteiger partial charge in [0.15, 0.2) is 0 Å². The number of hydrogen-bond acceptors (Lipinski definition) is 6. The number of methoxy groups -OCH3 is 1. The molecule has 0 spiro atoms. The number of amides is 1. The van der Waals surface area contributed by atoms with Crippen LogP contribution < -0.4 is 9.04 Å². The summed E-state index contributed by atoms with van der Waals surface area (Å²) in [5, 5.41) is 0. The Kier molecular flexibility index (Phi) is 7.34. The molecule has 1 aliphatic heterocycles. The van der Waals surface area contributed by atoms with Gasteiger partial charge >= 0.3 is 0 Å². The highest BCUT2D eigenvalue weighted by Gasteiger charge is 2.31. The SMILES string of the molecule is COc1ccc(N(C)S(=O)(=O)c2cccc(C(=O)N3CCN(S(=O)(=O)c4ccccc4)CC3)c2)cc1. The van der Waals surface area contributed by atoms with E-state index < -0.39 is 20.0 Å². The molecule has 4 rings (SSSR count). The molecule has 0 N–H and O–H groups in total. The second-order valence-corrected chi connectivity index (χ2v) is 12.1. The molecule has 0 aromatic heterocycles. The van der Waals surface area contributed by atoms with Crippen molar-refractivity contribution < 1.29 is 26.4 Å². The van der Waals surface area contributed by atoms with Crippen LogP contribution in [0.3, 0.4) is 0 Å². The second kappa shape index (κ2) is 10.3. The Bertz CT molecular complexity index is 1430. The first kappa shape index (κ1) is 25.7. The summed E-state index contributed by atoms with van der Waals surface area (Å²) in [6.07, 6.45) is 0. The van der Waals surface area contributed by atoms with Crippen LogP contribution in [0.1, 0.15) is 10.4 Å². The van der Waals surface area contributed by atoms with Crippen LogP contribution in [-0.4, -0.2) is 72.3 Å². The van der Waals surface area contributed by atoms with Crippen molar-refractivity contribution in [2.24, 2.45) is 0 Å². The van der Waals surface area contributed by atoms with Gasteiger partial charge in [-0.05, 0) is 54.6 Å². The summed E-state index contributed by atoms with van der Waals surface area (Å²) in [7, 11) is -4.59. The maximum absolute atomic E-state index is 13.2. The Labute approximate surface area is 211 Å². The predicted octanol–water partition coefficient (Wildman–Crippen LogP) is 2.67. The van der Waals surface area contributed by atoms with E-state index >= 15 is 0 Å². The average molecular weight is 530 g/mol. The van der Waals surface area contributed by atoms with E-state index in [0.717, 1.165) is 4.31 Å². The van der Waals surface area contributed by atoms with Crippen LogP contribution in [-0.2, 0) is 20.0 Å². The van der Waals surface area contributed by atoms with E-state index in [1.54, 1.807) is 60.7 Å². The van der Waals surface area contributed by atoms with Crippen LogP contribution in [0.15, 0.2) is 88.7 Å². The summed E-state index contributed by atoms with van der Waals surface area (Å²) >= 11 is 0. The van der Waals surface area contributed by atoms with Crippen LogP contribution in [0.2, 0.25) is 0 Å². The molecule has 0 radical (unpaired) electrons. The zero-order valence-electron chi connectivity index (χ0n) is 19.9. The molecule has 0 unspecified atom stereocenters. The van der Waals surface area contributed by atoms with Crippen molar-refractivity contribution in [3.63, 3.8) is 0 Å². The minimum Gasteiger partial charge on any atom is -0.497 e. The third-order valence-electron chi connectivity index (χ3n) is 6.08. The normalized spacial score (nSPS) is 14.9. The number of nitrogens with zero attached hydrogens (tertiary/aromatic N) is 3. The molecular weight excluding hydrogens is 502 g/mol. The lowest BCUT2D eigenvalue weighted by atomic mass is 10.2. The minimum absolute atomic E-state index is 0.0167. The first-order chi connectivity index (χ1) is 17.1. The van der Waals surface area contributed by atoms with Gasteiger partial charge in [0.25, 0.3) is 15.9 Å². The highest BCUT2D eigenvalue weighted by molar-refractivity contribution is 7.92. The number of carbonyl (C=O) groups excluding carboxylic acids is 1. The summed E-state index contributed by atoms with van der Waals surface area (Å²) in [4.78, 5) is 14.9. The molecule has 3 aromatic rings. The van der Waals surface area contributed by atoms with E-state index in [9.17, 15) is 21.6 Å². The molecule has 1 amide bonds. The van der Waals surface area contributed by atoms with E-state index in [-0.39, 0.29) is 47.4 Å². The third-order valence-corrected chi connectivity index (χ3v) is 9.78. The maximum Gasteiger partial charge on any atom is 0.264 e.